The Hall–Kier alpha value is -3.42. The first-order chi connectivity index (χ1) is 15.3. The summed E-state index contributed by atoms with van der Waals surface area (Å²) in [6, 6.07) is 12.2. The number of aromatic amines is 1. The molecule has 1 aliphatic heterocycles. The van der Waals surface area contributed by atoms with Gasteiger partial charge in [-0.15, -0.1) is 15.3 Å². The van der Waals surface area contributed by atoms with Crippen LogP contribution in [0.1, 0.15) is 37.1 Å². The maximum atomic E-state index is 12.4. The van der Waals surface area contributed by atoms with Crippen LogP contribution in [0.2, 0.25) is 0 Å². The molecule has 0 bridgehead atoms. The third kappa shape index (κ3) is 4.23. The van der Waals surface area contributed by atoms with Crippen molar-refractivity contribution in [3.05, 3.63) is 54.0 Å². The molecule has 8 nitrogen and oxygen atoms in total. The number of piperidine rings is 1. The van der Waals surface area contributed by atoms with Gasteiger partial charge in [0.05, 0.1) is 0 Å². The van der Waals surface area contributed by atoms with Crippen molar-refractivity contribution in [2.45, 2.75) is 38.5 Å². The maximum Gasteiger partial charge on any atom is 0.220 e. The van der Waals surface area contributed by atoms with Crippen LogP contribution in [0.25, 0.3) is 16.6 Å². The van der Waals surface area contributed by atoms with Crippen molar-refractivity contribution >= 4 is 28.3 Å². The molecular formula is C23H27N7O. The highest BCUT2D eigenvalue weighted by Crippen LogP contribution is 2.19. The lowest BCUT2D eigenvalue weighted by atomic mass is 10.1. The first kappa shape index (κ1) is 19.5. The van der Waals surface area contributed by atoms with Gasteiger partial charge in [0.2, 0.25) is 5.91 Å². The molecule has 31 heavy (non-hydrogen) atoms. The molecule has 4 heterocycles. The third-order valence-corrected chi connectivity index (χ3v) is 5.96. The molecule has 0 atom stereocenters. The molecule has 160 valence electrons. The fourth-order valence-corrected chi connectivity index (χ4v) is 4.26. The molecule has 1 fully saturated rings. The minimum absolute atomic E-state index is 0.0174. The zero-order chi connectivity index (χ0) is 21.0. The summed E-state index contributed by atoms with van der Waals surface area (Å²) in [4.78, 5) is 18.0. The maximum absolute atomic E-state index is 12.4. The minimum atomic E-state index is 0.0174. The van der Waals surface area contributed by atoms with Crippen LogP contribution in [0.3, 0.4) is 0 Å². The number of para-hydroxylation sites is 1. The van der Waals surface area contributed by atoms with Gasteiger partial charge in [0, 0.05) is 49.6 Å². The van der Waals surface area contributed by atoms with E-state index in [2.05, 4.69) is 37.5 Å². The SMILES string of the molecule is O=C(CCc1nnc2ccc(N3CCCCC3)nn12)NCCc1c[nH]c2ccccc12. The summed E-state index contributed by atoms with van der Waals surface area (Å²) in [6.07, 6.45) is 7.38. The molecule has 0 unspecified atom stereocenters. The highest BCUT2D eigenvalue weighted by molar-refractivity contribution is 5.83. The van der Waals surface area contributed by atoms with Crippen molar-refractivity contribution in [3.8, 4) is 0 Å². The van der Waals surface area contributed by atoms with Crippen molar-refractivity contribution in [1.29, 1.82) is 0 Å². The quantitative estimate of drug-likeness (QED) is 0.482. The van der Waals surface area contributed by atoms with Crippen molar-refractivity contribution in [2.75, 3.05) is 24.5 Å². The summed E-state index contributed by atoms with van der Waals surface area (Å²) in [5.74, 6) is 1.70. The second-order valence-electron chi connectivity index (χ2n) is 8.08. The van der Waals surface area contributed by atoms with E-state index < -0.39 is 0 Å². The Labute approximate surface area is 180 Å². The number of nitrogens with zero attached hydrogens (tertiary/aromatic N) is 5. The van der Waals surface area contributed by atoms with Gasteiger partial charge in [0.15, 0.2) is 11.5 Å². The topological polar surface area (TPSA) is 91.2 Å². The van der Waals surface area contributed by atoms with Gasteiger partial charge in [-0.25, -0.2) is 0 Å². The molecule has 3 aromatic heterocycles. The fraction of sp³-hybridized carbons (Fsp3) is 0.391. The van der Waals surface area contributed by atoms with Gasteiger partial charge in [-0.05, 0) is 49.4 Å². The number of aryl methyl sites for hydroxylation is 1. The fourth-order valence-electron chi connectivity index (χ4n) is 4.26. The van der Waals surface area contributed by atoms with E-state index in [4.69, 9.17) is 5.10 Å². The van der Waals surface area contributed by atoms with E-state index in [1.165, 1.54) is 30.2 Å². The number of hydrogen-bond acceptors (Lipinski definition) is 5. The molecule has 8 heteroatoms. The third-order valence-electron chi connectivity index (χ3n) is 5.96. The number of amides is 1. The summed E-state index contributed by atoms with van der Waals surface area (Å²) in [5.41, 5.74) is 3.06. The van der Waals surface area contributed by atoms with Crippen LogP contribution in [0.5, 0.6) is 0 Å². The summed E-state index contributed by atoms with van der Waals surface area (Å²) in [6.45, 7) is 2.68. The van der Waals surface area contributed by atoms with E-state index in [1.807, 2.05) is 30.5 Å². The molecule has 2 N–H and O–H groups in total. The van der Waals surface area contributed by atoms with Crippen LogP contribution >= 0.6 is 0 Å². The van der Waals surface area contributed by atoms with E-state index >= 15 is 0 Å². The zero-order valence-electron chi connectivity index (χ0n) is 17.5. The molecule has 5 rings (SSSR count). The van der Waals surface area contributed by atoms with Crippen molar-refractivity contribution in [3.63, 3.8) is 0 Å². The average Bonchev–Trinajstić information content (AvgIpc) is 3.42. The first-order valence-electron chi connectivity index (χ1n) is 11.1. The number of rotatable bonds is 7. The minimum Gasteiger partial charge on any atom is -0.361 e. The molecule has 4 aromatic rings. The normalized spacial score (nSPS) is 14.4. The molecule has 1 saturated heterocycles. The monoisotopic (exact) mass is 417 g/mol. The Bertz CT molecular complexity index is 1190. The van der Waals surface area contributed by atoms with Gasteiger partial charge >= 0.3 is 0 Å². The molecule has 1 aliphatic rings. The number of aromatic nitrogens is 5. The number of carbonyl (C=O) groups is 1. The van der Waals surface area contributed by atoms with Crippen LogP contribution in [-0.2, 0) is 17.6 Å². The number of fused-ring (bicyclic) bond motifs is 2. The Balaban J connectivity index is 1.17. The predicted molar refractivity (Wildman–Crippen MR) is 120 cm³/mol. The molecule has 0 aliphatic carbocycles. The summed E-state index contributed by atoms with van der Waals surface area (Å²) in [7, 11) is 0. The smallest absolute Gasteiger partial charge is 0.220 e. The predicted octanol–water partition coefficient (Wildman–Crippen LogP) is 2.89. The lowest BCUT2D eigenvalue weighted by Crippen LogP contribution is -2.30. The second kappa shape index (κ2) is 8.75. The van der Waals surface area contributed by atoms with Crippen LogP contribution in [0.4, 0.5) is 5.82 Å². The Morgan fingerprint density at radius 1 is 1.03 bits per heavy atom. The number of nitrogens with one attached hydrogen (secondary N) is 2. The van der Waals surface area contributed by atoms with Crippen molar-refractivity contribution < 1.29 is 4.79 Å². The molecule has 1 amide bonds. The van der Waals surface area contributed by atoms with Gasteiger partial charge in [-0.1, -0.05) is 18.2 Å². The highest BCUT2D eigenvalue weighted by Gasteiger charge is 2.15. The number of hydrogen-bond donors (Lipinski definition) is 2. The highest BCUT2D eigenvalue weighted by atomic mass is 16.1. The molecule has 0 spiro atoms. The van der Waals surface area contributed by atoms with E-state index in [1.54, 1.807) is 4.52 Å². The standard InChI is InChI=1S/C23H27N7O/c31-23(24-13-12-17-16-25-19-7-3-2-6-18(17)19)11-10-21-27-26-20-8-9-22(28-30(20)21)29-14-4-1-5-15-29/h2-3,6-9,16,25H,1,4-5,10-15H2,(H,24,31). The van der Waals surface area contributed by atoms with Crippen LogP contribution in [0.15, 0.2) is 42.6 Å². The Kier molecular flexibility index (Phi) is 5.52. The zero-order valence-corrected chi connectivity index (χ0v) is 17.5. The van der Waals surface area contributed by atoms with Crippen molar-refractivity contribution in [1.82, 2.24) is 30.1 Å². The van der Waals surface area contributed by atoms with Crippen LogP contribution in [0, 0.1) is 0 Å². The molecule has 0 radical (unpaired) electrons. The van der Waals surface area contributed by atoms with Crippen LogP contribution in [-0.4, -0.2) is 50.3 Å². The number of benzene rings is 1. The lowest BCUT2D eigenvalue weighted by molar-refractivity contribution is -0.121. The van der Waals surface area contributed by atoms with Gasteiger partial charge in [-0.2, -0.15) is 4.52 Å². The lowest BCUT2D eigenvalue weighted by Gasteiger charge is -2.27. The molecular weight excluding hydrogens is 390 g/mol. The summed E-state index contributed by atoms with van der Waals surface area (Å²) < 4.78 is 1.78. The Morgan fingerprint density at radius 2 is 1.90 bits per heavy atom. The van der Waals surface area contributed by atoms with E-state index in [0.29, 0.717) is 19.4 Å². The Morgan fingerprint density at radius 3 is 2.81 bits per heavy atom. The van der Waals surface area contributed by atoms with Gasteiger partial charge < -0.3 is 15.2 Å². The first-order valence-corrected chi connectivity index (χ1v) is 11.1. The van der Waals surface area contributed by atoms with Crippen LogP contribution < -0.4 is 10.2 Å². The molecule has 1 aromatic carbocycles. The number of H-pyrrole nitrogens is 1. The summed E-state index contributed by atoms with van der Waals surface area (Å²) in [5, 5.41) is 17.4. The van der Waals surface area contributed by atoms with E-state index in [9.17, 15) is 4.79 Å². The number of carbonyl (C=O) groups excluding carboxylic acids is 1. The average molecular weight is 418 g/mol. The van der Waals surface area contributed by atoms with Crippen molar-refractivity contribution in [2.24, 2.45) is 0 Å². The second-order valence-corrected chi connectivity index (χ2v) is 8.08. The van der Waals surface area contributed by atoms with Gasteiger partial charge in [-0.3, -0.25) is 4.79 Å². The van der Waals surface area contributed by atoms with E-state index in [0.717, 1.165) is 42.3 Å². The number of anilines is 1. The largest absolute Gasteiger partial charge is 0.361 e. The van der Waals surface area contributed by atoms with Gasteiger partial charge in [0.25, 0.3) is 0 Å². The summed E-state index contributed by atoms with van der Waals surface area (Å²) >= 11 is 0. The molecule has 0 saturated carbocycles. The van der Waals surface area contributed by atoms with Gasteiger partial charge in [0.1, 0.15) is 5.82 Å². The van der Waals surface area contributed by atoms with E-state index in [-0.39, 0.29) is 5.91 Å².